The van der Waals surface area contributed by atoms with E-state index in [-0.39, 0.29) is 19.1 Å². The largest absolute Gasteiger partial charge is 0.497 e. The molecule has 26 heavy (non-hydrogen) atoms. The summed E-state index contributed by atoms with van der Waals surface area (Å²) >= 11 is 1.52. The Kier molecular flexibility index (Phi) is 5.44. The summed E-state index contributed by atoms with van der Waals surface area (Å²) in [6.45, 7) is 1.68. The van der Waals surface area contributed by atoms with Crippen molar-refractivity contribution in [3.63, 3.8) is 0 Å². The number of nitrogens with one attached hydrogen (secondary N) is 1. The zero-order valence-electron chi connectivity index (χ0n) is 14.7. The van der Waals surface area contributed by atoms with Crippen LogP contribution in [0.3, 0.4) is 0 Å². The molecule has 0 radical (unpaired) electrons. The van der Waals surface area contributed by atoms with Crippen molar-refractivity contribution in [1.29, 1.82) is 0 Å². The number of amides is 1. The number of aliphatic hydroxyl groups is 1. The maximum Gasteiger partial charge on any atom is 0.258 e. The summed E-state index contributed by atoms with van der Waals surface area (Å²) in [5, 5.41) is 14.5. The van der Waals surface area contributed by atoms with Crippen molar-refractivity contribution in [2.24, 2.45) is 0 Å². The number of fused-ring (bicyclic) bond motifs is 1. The van der Waals surface area contributed by atoms with Gasteiger partial charge in [0.25, 0.3) is 5.91 Å². The van der Waals surface area contributed by atoms with Crippen LogP contribution in [0.4, 0.5) is 0 Å². The topological polar surface area (TPSA) is 67.8 Å². The molecule has 2 N–H and O–H groups in total. The number of hydrogen-bond acceptors (Lipinski definition) is 5. The molecule has 1 aromatic heterocycles. The second kappa shape index (κ2) is 7.76. The second-order valence-electron chi connectivity index (χ2n) is 6.17. The van der Waals surface area contributed by atoms with Gasteiger partial charge in [-0.25, -0.2) is 0 Å². The third-order valence-corrected chi connectivity index (χ3v) is 5.37. The second-order valence-corrected chi connectivity index (χ2v) is 7.25. The zero-order valence-corrected chi connectivity index (χ0v) is 15.5. The number of carbonyl (C=O) groups excluding carboxylic acids is 1. The summed E-state index contributed by atoms with van der Waals surface area (Å²) in [5.41, 5.74) is -1.14. The highest BCUT2D eigenvalue weighted by Gasteiger charge is 2.26. The standard InChI is InChI=1S/C20H21NO4S/c1-20(23,18-10-14-6-3-4-9-17(14)26-18)13-21-19(22)12-25-16-8-5-7-15(11-16)24-2/h3-11,23H,12-13H2,1-2H3,(H,21,22). The Hall–Kier alpha value is -2.57. The van der Waals surface area contributed by atoms with E-state index in [9.17, 15) is 9.90 Å². The first kappa shape index (κ1) is 18.2. The normalized spacial score (nSPS) is 13.2. The Bertz CT molecular complexity index is 870. The van der Waals surface area contributed by atoms with Crippen molar-refractivity contribution in [1.82, 2.24) is 5.32 Å². The third kappa shape index (κ3) is 4.33. The number of thiophene rings is 1. The van der Waals surface area contributed by atoms with Gasteiger partial charge in [-0.05, 0) is 36.6 Å². The zero-order chi connectivity index (χ0) is 18.6. The predicted molar refractivity (Wildman–Crippen MR) is 103 cm³/mol. The molecule has 5 nitrogen and oxygen atoms in total. The number of hydrogen-bond donors (Lipinski definition) is 2. The Morgan fingerprint density at radius 3 is 2.69 bits per heavy atom. The van der Waals surface area contributed by atoms with Gasteiger partial charge in [0, 0.05) is 15.6 Å². The van der Waals surface area contributed by atoms with Crippen LogP contribution >= 0.6 is 11.3 Å². The average Bonchev–Trinajstić information content (AvgIpc) is 3.10. The number of carbonyl (C=O) groups is 1. The quantitative estimate of drug-likeness (QED) is 0.669. The van der Waals surface area contributed by atoms with Crippen LogP contribution < -0.4 is 14.8 Å². The van der Waals surface area contributed by atoms with E-state index in [0.717, 1.165) is 15.0 Å². The summed E-state index contributed by atoms with van der Waals surface area (Å²) in [5.74, 6) is 0.917. The molecule has 1 unspecified atom stereocenters. The van der Waals surface area contributed by atoms with Crippen molar-refractivity contribution < 1.29 is 19.4 Å². The molecule has 0 aliphatic heterocycles. The van der Waals surface area contributed by atoms with Gasteiger partial charge in [-0.1, -0.05) is 24.3 Å². The SMILES string of the molecule is COc1cccc(OCC(=O)NCC(C)(O)c2cc3ccccc3s2)c1. The van der Waals surface area contributed by atoms with Crippen molar-refractivity contribution in [3.8, 4) is 11.5 Å². The fraction of sp³-hybridized carbons (Fsp3) is 0.250. The number of rotatable bonds is 7. The minimum absolute atomic E-state index is 0.111. The van der Waals surface area contributed by atoms with E-state index in [1.165, 1.54) is 11.3 Å². The molecule has 0 spiro atoms. The molecule has 0 saturated carbocycles. The first-order chi connectivity index (χ1) is 12.5. The van der Waals surface area contributed by atoms with Gasteiger partial charge in [-0.2, -0.15) is 0 Å². The van der Waals surface area contributed by atoms with Crippen molar-refractivity contribution in [2.45, 2.75) is 12.5 Å². The monoisotopic (exact) mass is 371 g/mol. The highest BCUT2D eigenvalue weighted by molar-refractivity contribution is 7.19. The minimum atomic E-state index is -1.14. The molecule has 3 rings (SSSR count). The molecule has 6 heteroatoms. The maximum atomic E-state index is 12.0. The van der Waals surface area contributed by atoms with E-state index < -0.39 is 5.60 Å². The van der Waals surface area contributed by atoms with Crippen LogP contribution in [-0.4, -0.2) is 31.3 Å². The molecule has 1 heterocycles. The van der Waals surface area contributed by atoms with Crippen molar-refractivity contribution in [2.75, 3.05) is 20.3 Å². The van der Waals surface area contributed by atoms with Crippen LogP contribution in [0.5, 0.6) is 11.5 Å². The minimum Gasteiger partial charge on any atom is -0.497 e. The molecule has 0 fully saturated rings. The molecule has 0 aliphatic carbocycles. The summed E-state index contributed by atoms with van der Waals surface area (Å²) in [6, 6.07) is 17.0. The number of benzene rings is 2. The van der Waals surface area contributed by atoms with Crippen LogP contribution in [0, 0.1) is 0 Å². The lowest BCUT2D eigenvalue weighted by Gasteiger charge is -2.22. The van der Waals surface area contributed by atoms with E-state index in [0.29, 0.717) is 11.5 Å². The van der Waals surface area contributed by atoms with E-state index in [4.69, 9.17) is 9.47 Å². The molecule has 1 amide bonds. The summed E-state index contributed by atoms with van der Waals surface area (Å²) in [6.07, 6.45) is 0. The Balaban J connectivity index is 1.55. The van der Waals surface area contributed by atoms with Crippen LogP contribution in [0.15, 0.2) is 54.6 Å². The summed E-state index contributed by atoms with van der Waals surface area (Å²) in [4.78, 5) is 12.9. The van der Waals surface area contributed by atoms with Gasteiger partial charge in [0.05, 0.1) is 13.7 Å². The van der Waals surface area contributed by atoms with Crippen LogP contribution in [0.25, 0.3) is 10.1 Å². The lowest BCUT2D eigenvalue weighted by Crippen LogP contribution is -2.40. The Labute approximate surface area is 156 Å². The van der Waals surface area contributed by atoms with E-state index in [1.807, 2.05) is 30.3 Å². The van der Waals surface area contributed by atoms with Gasteiger partial charge in [-0.3, -0.25) is 4.79 Å². The molecular formula is C20H21NO4S. The van der Waals surface area contributed by atoms with Gasteiger partial charge < -0.3 is 19.9 Å². The molecule has 0 saturated heterocycles. The predicted octanol–water partition coefficient (Wildman–Crippen LogP) is 3.31. The molecular weight excluding hydrogens is 350 g/mol. The number of ether oxygens (including phenoxy) is 2. The first-order valence-corrected chi connectivity index (χ1v) is 9.04. The molecule has 1 atom stereocenters. The van der Waals surface area contributed by atoms with Crippen LogP contribution in [0.2, 0.25) is 0 Å². The highest BCUT2D eigenvalue weighted by Crippen LogP contribution is 2.32. The number of methoxy groups -OCH3 is 1. The fourth-order valence-corrected chi connectivity index (χ4v) is 3.60. The summed E-state index contributed by atoms with van der Waals surface area (Å²) in [7, 11) is 1.57. The van der Waals surface area contributed by atoms with Gasteiger partial charge in [0.15, 0.2) is 6.61 Å². The fourth-order valence-electron chi connectivity index (χ4n) is 2.50. The summed E-state index contributed by atoms with van der Waals surface area (Å²) < 4.78 is 11.7. The molecule has 3 aromatic rings. The molecule has 2 aromatic carbocycles. The van der Waals surface area contributed by atoms with Crippen molar-refractivity contribution in [3.05, 3.63) is 59.5 Å². The van der Waals surface area contributed by atoms with Gasteiger partial charge in [-0.15, -0.1) is 11.3 Å². The lowest BCUT2D eigenvalue weighted by molar-refractivity contribution is -0.124. The first-order valence-electron chi connectivity index (χ1n) is 8.23. The van der Waals surface area contributed by atoms with Gasteiger partial charge in [0.2, 0.25) is 0 Å². The van der Waals surface area contributed by atoms with Crippen molar-refractivity contribution >= 4 is 27.3 Å². The van der Waals surface area contributed by atoms with E-state index in [1.54, 1.807) is 38.3 Å². The van der Waals surface area contributed by atoms with Crippen LogP contribution in [0.1, 0.15) is 11.8 Å². The highest BCUT2D eigenvalue weighted by atomic mass is 32.1. The Morgan fingerprint density at radius 1 is 1.15 bits per heavy atom. The van der Waals surface area contributed by atoms with Gasteiger partial charge in [0.1, 0.15) is 17.1 Å². The molecule has 0 aliphatic rings. The third-order valence-electron chi connectivity index (χ3n) is 4.00. The average molecular weight is 371 g/mol. The smallest absolute Gasteiger partial charge is 0.258 e. The van der Waals surface area contributed by atoms with E-state index >= 15 is 0 Å². The maximum absolute atomic E-state index is 12.0. The van der Waals surface area contributed by atoms with E-state index in [2.05, 4.69) is 5.32 Å². The molecule has 0 bridgehead atoms. The Morgan fingerprint density at radius 2 is 1.92 bits per heavy atom. The van der Waals surface area contributed by atoms with Crippen LogP contribution in [-0.2, 0) is 10.4 Å². The molecule has 136 valence electrons. The lowest BCUT2D eigenvalue weighted by atomic mass is 10.0. The van der Waals surface area contributed by atoms with Gasteiger partial charge >= 0.3 is 0 Å².